The fourth-order valence-electron chi connectivity index (χ4n) is 3.62. The third-order valence-corrected chi connectivity index (χ3v) is 5.97. The third-order valence-electron chi connectivity index (χ3n) is 5.97. The van der Waals surface area contributed by atoms with Gasteiger partial charge in [-0.2, -0.15) is 0 Å². The zero-order valence-electron chi connectivity index (χ0n) is 24.4. The number of esters is 4. The molecule has 0 radical (unpaired) electrons. The highest BCUT2D eigenvalue weighted by Gasteiger charge is 2.53. The molecule has 0 N–H and O–H groups in total. The van der Waals surface area contributed by atoms with E-state index in [9.17, 15) is 47.9 Å². The molecular weight excluding hydrogens is 596 g/mol. The number of carbonyl (C=O) groups excluding carboxylic acids is 10. The normalized spacial score (nSPS) is 17.4. The fourth-order valence-corrected chi connectivity index (χ4v) is 3.62. The fraction of sp³-hybridized carbons (Fsp3) is 0.615. The maximum absolute atomic E-state index is 13.3. The molecule has 18 heteroatoms. The average molecular weight is 629 g/mol. The van der Waals surface area contributed by atoms with Gasteiger partial charge in [-0.05, 0) is 0 Å². The van der Waals surface area contributed by atoms with Gasteiger partial charge in [0.25, 0.3) is 23.6 Å². The number of nitrogens with zero attached hydrogens (tertiary/aromatic N) is 2. The summed E-state index contributed by atoms with van der Waals surface area (Å²) < 4.78 is 20.8. The Morgan fingerprint density at radius 1 is 0.500 bits per heavy atom. The Hall–Kier alpha value is -4.90. The van der Waals surface area contributed by atoms with E-state index in [1.54, 1.807) is 0 Å². The van der Waals surface area contributed by atoms with Gasteiger partial charge in [-0.15, -0.1) is 10.1 Å². The molecule has 0 aromatic rings. The van der Waals surface area contributed by atoms with Gasteiger partial charge in [0.05, 0.1) is 0 Å². The molecule has 4 atom stereocenters. The first-order valence-electron chi connectivity index (χ1n) is 13.7. The van der Waals surface area contributed by atoms with Crippen molar-refractivity contribution in [1.82, 2.24) is 10.1 Å². The summed E-state index contributed by atoms with van der Waals surface area (Å²) in [5.74, 6) is -11.6. The van der Waals surface area contributed by atoms with E-state index >= 15 is 0 Å². The predicted octanol–water partition coefficient (Wildman–Crippen LogP) is -0.512. The second kappa shape index (κ2) is 16.1. The number of imide groups is 2. The van der Waals surface area contributed by atoms with Crippen LogP contribution in [0, 0.1) is 0 Å². The summed E-state index contributed by atoms with van der Waals surface area (Å²) in [4.78, 5) is 135. The second-order valence-corrected chi connectivity index (χ2v) is 9.13. The lowest BCUT2D eigenvalue weighted by Crippen LogP contribution is -2.58. The summed E-state index contributed by atoms with van der Waals surface area (Å²) >= 11 is 0. The smallest absolute Gasteiger partial charge is 0.377 e. The van der Waals surface area contributed by atoms with E-state index in [4.69, 9.17) is 28.6 Å². The van der Waals surface area contributed by atoms with Crippen molar-refractivity contribution in [3.05, 3.63) is 0 Å². The molecule has 2 aliphatic rings. The van der Waals surface area contributed by atoms with Crippen LogP contribution in [-0.4, -0.2) is 94.0 Å². The van der Waals surface area contributed by atoms with Gasteiger partial charge in [0, 0.05) is 51.4 Å². The van der Waals surface area contributed by atoms with Gasteiger partial charge in [0.15, 0.2) is 12.2 Å². The summed E-state index contributed by atoms with van der Waals surface area (Å²) in [5, 5.41) is 0.183. The van der Waals surface area contributed by atoms with Crippen LogP contribution in [-0.2, 0) is 76.6 Å². The van der Waals surface area contributed by atoms with Crippen LogP contribution in [0.15, 0.2) is 0 Å². The lowest BCUT2D eigenvalue weighted by Gasteiger charge is -2.34. The summed E-state index contributed by atoms with van der Waals surface area (Å²) in [6.07, 6.45) is -12.4. The van der Waals surface area contributed by atoms with Crippen molar-refractivity contribution in [2.24, 2.45) is 0 Å². The molecule has 0 saturated carbocycles. The number of rotatable bonds is 15. The number of amides is 4. The number of hydroxylamine groups is 4. The van der Waals surface area contributed by atoms with Crippen LogP contribution in [0.5, 0.6) is 0 Å². The molecule has 2 heterocycles. The Labute approximate surface area is 250 Å². The average Bonchev–Trinajstić information content (AvgIpc) is 3.49. The summed E-state index contributed by atoms with van der Waals surface area (Å²) in [5.41, 5.74) is 0. The van der Waals surface area contributed by atoms with Crippen molar-refractivity contribution in [2.75, 3.05) is 0 Å². The van der Waals surface area contributed by atoms with E-state index in [1.807, 2.05) is 0 Å². The van der Waals surface area contributed by atoms with Crippen molar-refractivity contribution in [2.45, 2.75) is 103 Å². The van der Waals surface area contributed by atoms with Crippen LogP contribution in [0.2, 0.25) is 0 Å². The van der Waals surface area contributed by atoms with Crippen LogP contribution < -0.4 is 0 Å². The molecular formula is C26H32N2O16. The molecule has 242 valence electrons. The molecule has 0 bridgehead atoms. The van der Waals surface area contributed by atoms with Gasteiger partial charge in [-0.1, -0.05) is 27.7 Å². The highest BCUT2D eigenvalue weighted by Crippen LogP contribution is 2.25. The van der Waals surface area contributed by atoms with Crippen molar-refractivity contribution in [3.8, 4) is 0 Å². The van der Waals surface area contributed by atoms with E-state index in [0.29, 0.717) is 0 Å². The highest BCUT2D eigenvalue weighted by atomic mass is 16.7. The molecule has 0 aromatic carbocycles. The molecule has 44 heavy (non-hydrogen) atoms. The first-order valence-corrected chi connectivity index (χ1v) is 13.7. The monoisotopic (exact) mass is 628 g/mol. The molecule has 2 fully saturated rings. The molecule has 0 spiro atoms. The van der Waals surface area contributed by atoms with E-state index in [2.05, 4.69) is 0 Å². The maximum atomic E-state index is 13.3. The Kier molecular flexibility index (Phi) is 12.9. The number of ether oxygens (including phenoxy) is 4. The van der Waals surface area contributed by atoms with Gasteiger partial charge >= 0.3 is 35.8 Å². The second-order valence-electron chi connectivity index (χ2n) is 9.13. The molecule has 2 aliphatic heterocycles. The van der Waals surface area contributed by atoms with Crippen LogP contribution >= 0.6 is 0 Å². The summed E-state index contributed by atoms with van der Waals surface area (Å²) in [6.45, 7) is 5.25. The predicted molar refractivity (Wildman–Crippen MR) is 135 cm³/mol. The first-order chi connectivity index (χ1) is 20.8. The Balaban J connectivity index is 2.69. The van der Waals surface area contributed by atoms with Gasteiger partial charge in [-0.3, -0.25) is 38.4 Å². The highest BCUT2D eigenvalue weighted by molar-refractivity contribution is 6.02. The lowest BCUT2D eigenvalue weighted by atomic mass is 10.0. The van der Waals surface area contributed by atoms with Gasteiger partial charge < -0.3 is 28.6 Å². The van der Waals surface area contributed by atoms with E-state index in [-0.39, 0.29) is 48.7 Å². The molecule has 4 unspecified atom stereocenters. The van der Waals surface area contributed by atoms with E-state index in [0.717, 1.165) is 0 Å². The molecule has 2 saturated heterocycles. The summed E-state index contributed by atoms with van der Waals surface area (Å²) in [6, 6.07) is 0. The number of hydrogen-bond donors (Lipinski definition) is 0. The number of carbonyl (C=O) groups is 10. The molecule has 4 amide bonds. The minimum Gasteiger partial charge on any atom is -0.454 e. The van der Waals surface area contributed by atoms with Crippen LogP contribution in [0.1, 0.15) is 79.1 Å². The van der Waals surface area contributed by atoms with E-state index < -0.39 is 96.7 Å². The van der Waals surface area contributed by atoms with Gasteiger partial charge in [0.1, 0.15) is 0 Å². The van der Waals surface area contributed by atoms with Crippen molar-refractivity contribution in [3.63, 3.8) is 0 Å². The van der Waals surface area contributed by atoms with Crippen LogP contribution in [0.25, 0.3) is 0 Å². The zero-order valence-corrected chi connectivity index (χ0v) is 24.4. The standard InChI is InChI=1S/C26H32N2O16/c1-5-17(33)39-21(23(41-19(35)7-3)25(37)43-27-13(29)9-10-14(27)30)22(40-18(34)6-2)24(42-20(36)8-4)26(38)44-28-15(31)11-12-16(28)32/h21-24H,5-12H2,1-4H3. The minimum absolute atomic E-state index is 0.0916. The Morgan fingerprint density at radius 3 is 1.00 bits per heavy atom. The Morgan fingerprint density at radius 2 is 0.750 bits per heavy atom. The maximum Gasteiger partial charge on any atom is 0.377 e. The number of hydrogen-bond acceptors (Lipinski definition) is 16. The molecule has 0 aromatic heterocycles. The third kappa shape index (κ3) is 9.05. The lowest BCUT2D eigenvalue weighted by molar-refractivity contribution is -0.229. The van der Waals surface area contributed by atoms with Crippen molar-refractivity contribution >= 4 is 59.4 Å². The first kappa shape index (κ1) is 35.3. The van der Waals surface area contributed by atoms with Gasteiger partial charge in [-0.25, -0.2) is 9.59 Å². The van der Waals surface area contributed by atoms with Crippen LogP contribution in [0.3, 0.4) is 0 Å². The van der Waals surface area contributed by atoms with Crippen LogP contribution in [0.4, 0.5) is 0 Å². The van der Waals surface area contributed by atoms with E-state index in [1.165, 1.54) is 27.7 Å². The summed E-state index contributed by atoms with van der Waals surface area (Å²) in [7, 11) is 0. The van der Waals surface area contributed by atoms with Crippen molar-refractivity contribution < 1.29 is 76.6 Å². The molecule has 2 rings (SSSR count). The van der Waals surface area contributed by atoms with Crippen molar-refractivity contribution in [1.29, 1.82) is 0 Å². The SMILES string of the molecule is CCC(=O)OC(C(=O)ON1C(=O)CCC1=O)C(OC(=O)CC)C(OC(=O)CC)C(OC(=O)CC)C(=O)ON1C(=O)CCC1=O. The molecule has 18 nitrogen and oxygen atoms in total. The Bertz CT molecular complexity index is 1090. The zero-order chi connectivity index (χ0) is 33.1. The van der Waals surface area contributed by atoms with Gasteiger partial charge in [0.2, 0.25) is 12.2 Å². The molecule has 0 aliphatic carbocycles. The quantitative estimate of drug-likeness (QED) is 0.126. The minimum atomic E-state index is -2.44. The topological polar surface area (TPSA) is 233 Å². The largest absolute Gasteiger partial charge is 0.454 e.